The summed E-state index contributed by atoms with van der Waals surface area (Å²) in [7, 11) is 1.28. The van der Waals surface area contributed by atoms with Crippen LogP contribution in [-0.4, -0.2) is 68.3 Å². The minimum absolute atomic E-state index is 0.187. The Balaban J connectivity index is 1.73. The number of nitrogens with zero attached hydrogens (tertiary/aromatic N) is 2. The van der Waals surface area contributed by atoms with Gasteiger partial charge in [-0.15, -0.1) is 0 Å². The molecule has 2 rings (SSSR count). The Morgan fingerprint density at radius 3 is 2.10 bits per heavy atom. The highest BCUT2D eigenvalue weighted by atomic mass is 32.1. The van der Waals surface area contributed by atoms with Gasteiger partial charge in [-0.3, -0.25) is 4.90 Å². The number of hydrogen-bond donors (Lipinski definition) is 1. The lowest BCUT2D eigenvalue weighted by atomic mass is 10.0. The molecule has 2 heterocycles. The molecule has 0 radical (unpaired) electrons. The van der Waals surface area contributed by atoms with Gasteiger partial charge in [0, 0.05) is 19.6 Å². The average molecular weight is 697 g/mol. The number of aromatic nitrogens is 1. The average Bonchev–Trinajstić information content (AvgIpc) is 3.61. The van der Waals surface area contributed by atoms with E-state index >= 15 is 0 Å². The van der Waals surface area contributed by atoms with E-state index in [4.69, 9.17) is 18.9 Å². The minimum Gasteiger partial charge on any atom is -0.464 e. The maximum absolute atomic E-state index is 13.2. The molecule has 0 aromatic carbocycles. The lowest BCUT2D eigenvalue weighted by Crippen LogP contribution is -2.58. The highest BCUT2D eigenvalue weighted by Crippen LogP contribution is 2.26. The van der Waals surface area contributed by atoms with E-state index in [9.17, 15) is 14.4 Å². The van der Waals surface area contributed by atoms with Crippen molar-refractivity contribution in [3.8, 4) is 0 Å². The van der Waals surface area contributed by atoms with Crippen LogP contribution in [0.3, 0.4) is 0 Å². The van der Waals surface area contributed by atoms with Crippen molar-refractivity contribution in [2.45, 2.75) is 174 Å². The molecule has 1 unspecified atom stereocenters. The van der Waals surface area contributed by atoms with Crippen LogP contribution in [0.25, 0.3) is 0 Å². The number of carbonyl (C=O) groups excluding carboxylic acids is 3. The van der Waals surface area contributed by atoms with Crippen molar-refractivity contribution in [1.29, 1.82) is 0 Å². The molecule has 3 atom stereocenters. The number of hydrogen-bond acceptors (Lipinski definition) is 8. The minimum atomic E-state index is -0.946. The van der Waals surface area contributed by atoms with Crippen molar-refractivity contribution in [3.63, 3.8) is 0 Å². The zero-order chi connectivity index (χ0) is 34.7. The van der Waals surface area contributed by atoms with Crippen LogP contribution in [-0.2, 0) is 30.3 Å². The van der Waals surface area contributed by atoms with Crippen molar-refractivity contribution in [2.75, 3.05) is 26.9 Å². The highest BCUT2D eigenvalue weighted by molar-refractivity contribution is 7.07. The molecule has 1 N–H and O–H groups in total. The fourth-order valence-corrected chi connectivity index (χ4v) is 6.93. The first-order chi connectivity index (χ1) is 23.5. The third-order valence-electron chi connectivity index (χ3n) is 9.02. The van der Waals surface area contributed by atoms with Crippen molar-refractivity contribution in [3.05, 3.63) is 17.1 Å². The van der Waals surface area contributed by atoms with Gasteiger partial charge in [0.2, 0.25) is 5.51 Å². The molecular formula is C37H66N3O7S+. The summed E-state index contributed by atoms with van der Waals surface area (Å²) in [5, 5.41) is 4.90. The van der Waals surface area contributed by atoms with Gasteiger partial charge >= 0.3 is 18.2 Å². The maximum atomic E-state index is 13.2. The molecule has 0 saturated carbocycles. The molecule has 1 saturated heterocycles. The van der Waals surface area contributed by atoms with Crippen molar-refractivity contribution < 1.29 is 37.9 Å². The summed E-state index contributed by atoms with van der Waals surface area (Å²) < 4.78 is 24.4. The first kappa shape index (κ1) is 41.8. The quantitative estimate of drug-likeness (QED) is 0.0424. The van der Waals surface area contributed by atoms with Crippen LogP contribution in [0.5, 0.6) is 0 Å². The number of unbranched alkanes of at least 4 members (excludes halogenated alkanes) is 16. The zero-order valence-electron chi connectivity index (χ0n) is 30.3. The summed E-state index contributed by atoms with van der Waals surface area (Å²) in [5.74, 6) is -0.513. The molecule has 1 aromatic heterocycles. The fourth-order valence-electron chi connectivity index (χ4n) is 6.30. The summed E-state index contributed by atoms with van der Waals surface area (Å²) >= 11 is 1.65. The smallest absolute Gasteiger partial charge is 0.412 e. The van der Waals surface area contributed by atoms with Crippen LogP contribution in [0.2, 0.25) is 0 Å². The van der Waals surface area contributed by atoms with Gasteiger partial charge in [-0.2, -0.15) is 4.57 Å². The summed E-state index contributed by atoms with van der Waals surface area (Å²) in [6.07, 6.45) is 22.6. The Morgan fingerprint density at radius 2 is 1.52 bits per heavy atom. The van der Waals surface area contributed by atoms with E-state index in [0.717, 1.165) is 32.2 Å². The van der Waals surface area contributed by atoms with Crippen molar-refractivity contribution in [1.82, 2.24) is 10.2 Å². The Bertz CT molecular complexity index is 965. The van der Waals surface area contributed by atoms with Gasteiger partial charge in [-0.1, -0.05) is 115 Å². The number of thiazole rings is 1. The lowest BCUT2D eigenvalue weighted by Gasteiger charge is -2.41. The zero-order valence-corrected chi connectivity index (χ0v) is 31.1. The van der Waals surface area contributed by atoms with Gasteiger partial charge in [-0.05, 0) is 39.0 Å². The first-order valence-electron chi connectivity index (χ1n) is 19.0. The van der Waals surface area contributed by atoms with Gasteiger partial charge in [-0.25, -0.2) is 14.4 Å². The fraction of sp³-hybridized carbons (Fsp3) is 0.838. The number of nitrogens with one attached hydrogen (secondary N) is 1. The Morgan fingerprint density at radius 1 is 0.896 bits per heavy atom. The number of methoxy groups -OCH3 is 1. The number of alkyl carbamates (subject to hydrolysis) is 1. The van der Waals surface area contributed by atoms with E-state index < -0.39 is 36.5 Å². The number of ether oxygens (including phenoxy) is 4. The van der Waals surface area contributed by atoms with Gasteiger partial charge in [0.05, 0.1) is 19.1 Å². The molecule has 0 aliphatic carbocycles. The first-order valence-corrected chi connectivity index (χ1v) is 20.0. The third-order valence-corrected chi connectivity index (χ3v) is 9.69. The van der Waals surface area contributed by atoms with Crippen LogP contribution in [0.15, 0.2) is 17.1 Å². The van der Waals surface area contributed by atoms with Gasteiger partial charge in [0.15, 0.2) is 12.4 Å². The number of rotatable bonds is 27. The van der Waals surface area contributed by atoms with Gasteiger partial charge in [0.25, 0.3) is 0 Å². The van der Waals surface area contributed by atoms with E-state index in [0.29, 0.717) is 38.8 Å². The summed E-state index contributed by atoms with van der Waals surface area (Å²) in [6.45, 7) is 6.00. The second kappa shape index (κ2) is 27.4. The largest absolute Gasteiger partial charge is 0.464 e. The van der Waals surface area contributed by atoms with E-state index in [1.54, 1.807) is 18.3 Å². The number of carbonyl (C=O) groups is 3. The molecule has 1 aliphatic heterocycles. The molecule has 0 bridgehead atoms. The summed E-state index contributed by atoms with van der Waals surface area (Å²) in [5.41, 5.74) is 2.07. The molecule has 276 valence electrons. The van der Waals surface area contributed by atoms with Crippen molar-refractivity contribution >= 4 is 29.5 Å². The van der Waals surface area contributed by atoms with Crippen molar-refractivity contribution in [2.24, 2.45) is 0 Å². The predicted octanol–water partition coefficient (Wildman–Crippen LogP) is 8.70. The van der Waals surface area contributed by atoms with E-state index in [1.165, 1.54) is 95.5 Å². The van der Waals surface area contributed by atoms with E-state index in [1.807, 2.05) is 11.6 Å². The molecule has 48 heavy (non-hydrogen) atoms. The Labute approximate surface area is 294 Å². The third kappa shape index (κ3) is 17.8. The number of esters is 1. The second-order valence-corrected chi connectivity index (χ2v) is 13.7. The summed E-state index contributed by atoms with van der Waals surface area (Å²) in [6, 6.07) is -0.913. The standard InChI is InChI=1S/C37H65N3O7S/c1-4-6-7-8-9-10-11-12-13-14-15-16-17-18-21-26-38-36(42)47-33-25-23-29-46-34(33)40(37(43)44-3)32(35(41)45-5-2)24-20-19-22-27-39-28-30-48-31-39/h28,30-34H,4-27,29H2,1-3H3/p+1/t32?,33-,34-/m1/s1. The molecule has 1 aliphatic rings. The number of amides is 2. The SMILES string of the molecule is CCCCCCCCCCCCCCCCCNC(=O)O[C@@H]1CCCO[C@H]1N(C(=O)OC)C(CCCCC[n+]1ccsc1)C(=O)OCC. The Kier molecular flexibility index (Phi) is 23.9. The van der Waals surface area contributed by atoms with Crippen LogP contribution in [0.1, 0.15) is 149 Å². The van der Waals surface area contributed by atoms with Crippen LogP contribution >= 0.6 is 11.3 Å². The molecular weight excluding hydrogens is 630 g/mol. The normalized spacial score (nSPS) is 16.6. The second-order valence-electron chi connectivity index (χ2n) is 13.0. The predicted molar refractivity (Wildman–Crippen MR) is 190 cm³/mol. The topological polar surface area (TPSA) is 107 Å². The molecule has 0 spiro atoms. The molecule has 1 aromatic rings. The molecule has 1 fully saturated rings. The van der Waals surface area contributed by atoms with Crippen LogP contribution < -0.4 is 9.88 Å². The molecule has 11 heteroatoms. The Hall–Kier alpha value is -2.40. The number of aryl methyl sites for hydroxylation is 1. The molecule has 10 nitrogen and oxygen atoms in total. The monoisotopic (exact) mass is 696 g/mol. The maximum Gasteiger partial charge on any atom is 0.412 e. The molecule has 2 amide bonds. The van der Waals surface area contributed by atoms with Crippen LogP contribution in [0.4, 0.5) is 9.59 Å². The van der Waals surface area contributed by atoms with Gasteiger partial charge in [0.1, 0.15) is 18.7 Å². The van der Waals surface area contributed by atoms with Gasteiger partial charge < -0.3 is 24.3 Å². The van der Waals surface area contributed by atoms with Crippen LogP contribution in [0, 0.1) is 0 Å². The highest BCUT2D eigenvalue weighted by Gasteiger charge is 2.43. The van der Waals surface area contributed by atoms with E-state index in [2.05, 4.69) is 22.3 Å². The van der Waals surface area contributed by atoms with E-state index in [-0.39, 0.29) is 6.61 Å². The lowest BCUT2D eigenvalue weighted by molar-refractivity contribution is -0.692. The summed E-state index contributed by atoms with van der Waals surface area (Å²) in [4.78, 5) is 40.4.